The van der Waals surface area contributed by atoms with Crippen molar-refractivity contribution in [3.63, 3.8) is 0 Å². The number of hydrogen-bond donors (Lipinski definition) is 1. The zero-order chi connectivity index (χ0) is 26.6. The highest BCUT2D eigenvalue weighted by Crippen LogP contribution is 2.28. The fourth-order valence-corrected chi connectivity index (χ4v) is 4.11. The average molecular weight is 507 g/mol. The number of nitrogens with one attached hydrogen (secondary N) is 1. The number of carbonyl (C=O) groups is 2. The highest BCUT2D eigenvalue weighted by atomic mass is 19.1. The van der Waals surface area contributed by atoms with Gasteiger partial charge in [-0.25, -0.2) is 4.39 Å². The topological polar surface area (TPSA) is 67.9 Å². The molecule has 0 saturated heterocycles. The number of halogens is 1. The third kappa shape index (κ3) is 8.07. The van der Waals surface area contributed by atoms with Crippen LogP contribution in [0.3, 0.4) is 0 Å². The Morgan fingerprint density at radius 2 is 1.57 bits per heavy atom. The van der Waals surface area contributed by atoms with Crippen molar-refractivity contribution in [2.45, 2.75) is 45.2 Å². The summed E-state index contributed by atoms with van der Waals surface area (Å²) in [6, 6.07) is 20.2. The molecule has 0 aromatic heterocycles. The van der Waals surface area contributed by atoms with Crippen molar-refractivity contribution in [2.75, 3.05) is 20.8 Å². The van der Waals surface area contributed by atoms with Gasteiger partial charge in [-0.15, -0.1) is 0 Å². The van der Waals surface area contributed by atoms with Crippen molar-refractivity contribution in [1.82, 2.24) is 10.2 Å². The van der Waals surface area contributed by atoms with Gasteiger partial charge in [0.05, 0.1) is 20.6 Å². The largest absolute Gasteiger partial charge is 0.493 e. The van der Waals surface area contributed by atoms with Crippen molar-refractivity contribution in [3.8, 4) is 11.5 Å². The molecule has 0 heterocycles. The maximum Gasteiger partial charge on any atom is 0.243 e. The maximum absolute atomic E-state index is 13.8. The second-order valence-electron chi connectivity index (χ2n) is 8.86. The molecule has 0 radical (unpaired) electrons. The minimum atomic E-state index is -0.739. The number of amides is 2. The second-order valence-corrected chi connectivity index (χ2v) is 8.86. The first-order valence-electron chi connectivity index (χ1n) is 12.5. The van der Waals surface area contributed by atoms with E-state index < -0.39 is 6.04 Å². The SMILES string of the molecule is CCCCNC(=O)[C@@H](Cc1ccccc1)N(Cc1ccc(F)cc1)C(=O)Cc1ccc(OC)c(OC)c1. The van der Waals surface area contributed by atoms with Crippen LogP contribution >= 0.6 is 0 Å². The Balaban J connectivity index is 1.95. The molecule has 1 atom stereocenters. The molecular formula is C30H35FN2O4. The zero-order valence-electron chi connectivity index (χ0n) is 21.7. The Kier molecular flexibility index (Phi) is 10.5. The van der Waals surface area contributed by atoms with Crippen LogP contribution in [0.4, 0.5) is 4.39 Å². The van der Waals surface area contributed by atoms with Crippen LogP contribution in [0.5, 0.6) is 11.5 Å². The maximum atomic E-state index is 13.8. The van der Waals surface area contributed by atoms with E-state index in [1.807, 2.05) is 36.4 Å². The van der Waals surface area contributed by atoms with Crippen molar-refractivity contribution in [2.24, 2.45) is 0 Å². The van der Waals surface area contributed by atoms with Crippen LogP contribution in [0.2, 0.25) is 0 Å². The molecule has 0 spiro atoms. The van der Waals surface area contributed by atoms with E-state index in [0.717, 1.165) is 29.5 Å². The lowest BCUT2D eigenvalue weighted by Crippen LogP contribution is -2.51. The van der Waals surface area contributed by atoms with Crippen LogP contribution < -0.4 is 14.8 Å². The van der Waals surface area contributed by atoms with Crippen LogP contribution in [0.25, 0.3) is 0 Å². The molecule has 0 aliphatic rings. The van der Waals surface area contributed by atoms with E-state index in [1.54, 1.807) is 43.4 Å². The van der Waals surface area contributed by atoms with E-state index in [4.69, 9.17) is 9.47 Å². The van der Waals surface area contributed by atoms with E-state index in [1.165, 1.54) is 12.1 Å². The van der Waals surface area contributed by atoms with Gasteiger partial charge in [0, 0.05) is 19.5 Å². The molecule has 0 saturated carbocycles. The monoisotopic (exact) mass is 506 g/mol. The third-order valence-corrected chi connectivity index (χ3v) is 6.17. The third-order valence-electron chi connectivity index (χ3n) is 6.17. The zero-order valence-corrected chi connectivity index (χ0v) is 21.7. The summed E-state index contributed by atoms with van der Waals surface area (Å²) in [6.07, 6.45) is 2.22. The van der Waals surface area contributed by atoms with Gasteiger partial charge in [-0.2, -0.15) is 0 Å². The van der Waals surface area contributed by atoms with Crippen molar-refractivity contribution in [1.29, 1.82) is 0 Å². The molecule has 0 aliphatic carbocycles. The van der Waals surface area contributed by atoms with Crippen LogP contribution in [0.1, 0.15) is 36.5 Å². The van der Waals surface area contributed by atoms with Crippen LogP contribution in [0.15, 0.2) is 72.8 Å². The van der Waals surface area contributed by atoms with Crippen LogP contribution in [-0.4, -0.2) is 43.5 Å². The molecule has 3 aromatic carbocycles. The molecule has 0 fully saturated rings. The van der Waals surface area contributed by atoms with Gasteiger partial charge >= 0.3 is 0 Å². The highest BCUT2D eigenvalue weighted by Gasteiger charge is 2.30. The summed E-state index contributed by atoms with van der Waals surface area (Å²) >= 11 is 0. The lowest BCUT2D eigenvalue weighted by atomic mass is 10.0. The quantitative estimate of drug-likeness (QED) is 0.334. The van der Waals surface area contributed by atoms with Crippen LogP contribution in [0, 0.1) is 5.82 Å². The summed E-state index contributed by atoms with van der Waals surface area (Å²) in [5.74, 6) is 0.309. The second kappa shape index (κ2) is 14.0. The van der Waals surface area contributed by atoms with Crippen molar-refractivity contribution >= 4 is 11.8 Å². The van der Waals surface area contributed by atoms with Gasteiger partial charge < -0.3 is 19.7 Å². The Labute approximate surface area is 218 Å². The van der Waals surface area contributed by atoms with Gasteiger partial charge in [-0.3, -0.25) is 9.59 Å². The van der Waals surface area contributed by atoms with Gasteiger partial charge in [0.1, 0.15) is 11.9 Å². The molecule has 1 N–H and O–H groups in total. The number of benzene rings is 3. The Bertz CT molecular complexity index is 1150. The first-order chi connectivity index (χ1) is 17.9. The van der Waals surface area contributed by atoms with E-state index in [-0.39, 0.29) is 30.6 Å². The number of unbranched alkanes of at least 4 members (excludes halogenated alkanes) is 1. The highest BCUT2D eigenvalue weighted by molar-refractivity contribution is 5.88. The van der Waals surface area contributed by atoms with E-state index in [2.05, 4.69) is 12.2 Å². The summed E-state index contributed by atoms with van der Waals surface area (Å²) in [4.78, 5) is 28.8. The molecule has 3 rings (SSSR count). The van der Waals surface area contributed by atoms with Crippen LogP contribution in [-0.2, 0) is 29.0 Å². The minimum Gasteiger partial charge on any atom is -0.493 e. The molecule has 7 heteroatoms. The fourth-order valence-electron chi connectivity index (χ4n) is 4.11. The predicted octanol–water partition coefficient (Wildman–Crippen LogP) is 4.94. The molecule has 0 aliphatic heterocycles. The summed E-state index contributed by atoms with van der Waals surface area (Å²) in [5.41, 5.74) is 2.42. The van der Waals surface area contributed by atoms with Gasteiger partial charge in [-0.1, -0.05) is 61.9 Å². The molecule has 37 heavy (non-hydrogen) atoms. The van der Waals surface area contributed by atoms with Gasteiger partial charge in [0.15, 0.2) is 11.5 Å². The number of hydrogen-bond acceptors (Lipinski definition) is 4. The summed E-state index contributed by atoms with van der Waals surface area (Å²) in [6.45, 7) is 2.76. The summed E-state index contributed by atoms with van der Waals surface area (Å²) in [7, 11) is 3.10. The molecule has 2 amide bonds. The van der Waals surface area contributed by atoms with E-state index >= 15 is 0 Å². The fraction of sp³-hybridized carbons (Fsp3) is 0.333. The molecule has 6 nitrogen and oxygen atoms in total. The van der Waals surface area contributed by atoms with E-state index in [9.17, 15) is 14.0 Å². The Morgan fingerprint density at radius 3 is 2.22 bits per heavy atom. The molecule has 0 bridgehead atoms. The molecule has 0 unspecified atom stereocenters. The number of ether oxygens (including phenoxy) is 2. The smallest absolute Gasteiger partial charge is 0.243 e. The van der Waals surface area contributed by atoms with E-state index in [0.29, 0.717) is 24.5 Å². The lowest BCUT2D eigenvalue weighted by molar-refractivity contribution is -0.140. The lowest BCUT2D eigenvalue weighted by Gasteiger charge is -2.32. The summed E-state index contributed by atoms with van der Waals surface area (Å²) in [5, 5.41) is 3.00. The van der Waals surface area contributed by atoms with Gasteiger partial charge in [-0.05, 0) is 47.4 Å². The van der Waals surface area contributed by atoms with Crippen molar-refractivity contribution in [3.05, 3.63) is 95.3 Å². The number of nitrogens with zero attached hydrogens (tertiary/aromatic N) is 1. The molecular weight excluding hydrogens is 471 g/mol. The van der Waals surface area contributed by atoms with Crippen molar-refractivity contribution < 1.29 is 23.5 Å². The van der Waals surface area contributed by atoms with Gasteiger partial charge in [0.25, 0.3) is 0 Å². The normalized spacial score (nSPS) is 11.5. The predicted molar refractivity (Wildman–Crippen MR) is 142 cm³/mol. The molecule has 196 valence electrons. The number of methoxy groups -OCH3 is 2. The standard InChI is InChI=1S/C30H35FN2O4/c1-4-5-17-32-30(35)26(18-22-9-7-6-8-10-22)33(21-23-11-14-25(31)15-12-23)29(34)20-24-13-16-27(36-2)28(19-24)37-3/h6-16,19,26H,4-5,17-18,20-21H2,1-3H3,(H,32,35)/t26-/m1/s1. The number of rotatable bonds is 13. The number of carbonyl (C=O) groups excluding carboxylic acids is 2. The minimum absolute atomic E-state index is 0.0646. The first-order valence-corrected chi connectivity index (χ1v) is 12.5. The Hall–Kier alpha value is -3.87. The average Bonchev–Trinajstić information content (AvgIpc) is 2.92. The first kappa shape index (κ1) is 27.7. The Morgan fingerprint density at radius 1 is 0.892 bits per heavy atom. The summed E-state index contributed by atoms with van der Waals surface area (Å²) < 4.78 is 24.3. The molecule has 3 aromatic rings. The van der Waals surface area contributed by atoms with Gasteiger partial charge in [0.2, 0.25) is 11.8 Å².